The molecule has 0 unspecified atom stereocenters. The molecule has 0 amide bonds. The second-order valence-corrected chi connectivity index (χ2v) is 22.9. The molecule has 0 saturated carbocycles. The lowest BCUT2D eigenvalue weighted by Crippen LogP contribution is -2.04. The SMILES string of the molecule is [C-]#[N+]c1cccc(-c2ccc3c(c2)c2cc(-c4cccc(C#N)c4)ccc2n3-c2c(-c3ccc(-n4c5ccccc5c5ccccc54)cc3)cc(-c3nc(-c4ccccc4)nc(-c4ccccc4)n3)cc2-c2ccc(-n3c4ccccc4c4ccccc43)cc2)c1. The average Bonchev–Trinajstić information content (AvgIpc) is 1.64. The summed E-state index contributed by atoms with van der Waals surface area (Å²) in [6, 6.07) is 109. The third-order valence-corrected chi connectivity index (χ3v) is 17.7. The van der Waals surface area contributed by atoms with Crippen LogP contribution in [0.5, 0.6) is 0 Å². The number of nitriles is 1. The van der Waals surface area contributed by atoms with E-state index in [0.29, 0.717) is 28.7 Å². The molecule has 17 aromatic rings. The molecule has 0 aliphatic rings. The molecule has 0 fully saturated rings. The third-order valence-electron chi connectivity index (χ3n) is 17.7. The number of fused-ring (bicyclic) bond motifs is 9. The lowest BCUT2D eigenvalue weighted by molar-refractivity contribution is 1.07. The predicted molar refractivity (Wildman–Crippen MR) is 372 cm³/mol. The van der Waals surface area contributed by atoms with Crippen LogP contribution in [0.15, 0.2) is 303 Å². The first kappa shape index (κ1) is 52.6. The molecule has 17 rings (SSSR count). The minimum atomic E-state index is 0.531. The molecule has 0 saturated heterocycles. The van der Waals surface area contributed by atoms with Crippen LogP contribution in [-0.4, -0.2) is 28.7 Å². The van der Waals surface area contributed by atoms with Crippen LogP contribution in [0.3, 0.4) is 0 Å². The van der Waals surface area contributed by atoms with Crippen LogP contribution < -0.4 is 0 Å². The number of para-hydroxylation sites is 4. The van der Waals surface area contributed by atoms with E-state index in [-0.39, 0.29) is 0 Å². The van der Waals surface area contributed by atoms with Gasteiger partial charge in [-0.25, -0.2) is 19.8 Å². The maximum Gasteiger partial charge on any atom is 0.187 e. The second kappa shape index (κ2) is 21.6. The van der Waals surface area contributed by atoms with E-state index in [1.54, 1.807) is 0 Å². The predicted octanol–water partition coefficient (Wildman–Crippen LogP) is 21.3. The topological polar surface area (TPSA) is 81.6 Å². The van der Waals surface area contributed by atoms with Gasteiger partial charge in [-0.2, -0.15) is 5.26 Å². The van der Waals surface area contributed by atoms with Crippen molar-refractivity contribution in [1.82, 2.24) is 28.7 Å². The van der Waals surface area contributed by atoms with Crippen LogP contribution in [0.25, 0.3) is 166 Å². The Kier molecular flexibility index (Phi) is 12.5. The Morgan fingerprint density at radius 3 is 1.09 bits per heavy atom. The number of aromatic nitrogens is 6. The summed E-state index contributed by atoms with van der Waals surface area (Å²) in [4.78, 5) is 19.8. The lowest BCUT2D eigenvalue weighted by Gasteiger charge is -2.22. The van der Waals surface area contributed by atoms with Gasteiger partial charge < -0.3 is 13.7 Å². The minimum absolute atomic E-state index is 0.531. The highest BCUT2D eigenvalue weighted by molar-refractivity contribution is 6.14. The Morgan fingerprint density at radius 2 is 0.648 bits per heavy atom. The summed E-state index contributed by atoms with van der Waals surface area (Å²) < 4.78 is 7.16. The van der Waals surface area contributed by atoms with Crippen molar-refractivity contribution in [2.75, 3.05) is 0 Å². The summed E-state index contributed by atoms with van der Waals surface area (Å²) in [5.41, 5.74) is 21.0. The molecule has 0 N–H and O–H groups in total. The summed E-state index contributed by atoms with van der Waals surface area (Å²) in [5, 5.41) is 16.9. The average molecular weight is 1160 g/mol. The fraction of sp³-hybridized carbons (Fsp3) is 0. The normalized spacial score (nSPS) is 11.5. The van der Waals surface area contributed by atoms with Gasteiger partial charge in [0.1, 0.15) is 0 Å². The van der Waals surface area contributed by atoms with Crippen LogP contribution in [0.4, 0.5) is 5.69 Å². The fourth-order valence-electron chi connectivity index (χ4n) is 13.5. The Morgan fingerprint density at radius 1 is 0.286 bits per heavy atom. The molecular formula is C83H50N8. The molecule has 0 spiro atoms. The van der Waals surface area contributed by atoms with Gasteiger partial charge in [-0.1, -0.05) is 200 Å². The zero-order chi connectivity index (χ0) is 60.5. The van der Waals surface area contributed by atoms with Crippen molar-refractivity contribution < 1.29 is 0 Å². The molecule has 91 heavy (non-hydrogen) atoms. The molecular weight excluding hydrogens is 1110 g/mol. The fourth-order valence-corrected chi connectivity index (χ4v) is 13.5. The first-order valence-electron chi connectivity index (χ1n) is 30.3. The molecule has 0 bridgehead atoms. The summed E-state index contributed by atoms with van der Waals surface area (Å²) in [6.07, 6.45) is 0. The van der Waals surface area contributed by atoms with Crippen molar-refractivity contribution in [3.63, 3.8) is 0 Å². The Balaban J connectivity index is 0.978. The van der Waals surface area contributed by atoms with Crippen molar-refractivity contribution >= 4 is 71.1 Å². The number of rotatable bonds is 10. The lowest BCUT2D eigenvalue weighted by atomic mass is 9.92. The number of hydrogen-bond acceptors (Lipinski definition) is 4. The smallest absolute Gasteiger partial charge is 0.187 e. The van der Waals surface area contributed by atoms with E-state index in [4.69, 9.17) is 21.5 Å². The third kappa shape index (κ3) is 8.94. The second-order valence-electron chi connectivity index (χ2n) is 22.9. The van der Waals surface area contributed by atoms with E-state index in [1.807, 2.05) is 97.1 Å². The van der Waals surface area contributed by atoms with Crippen LogP contribution in [0.2, 0.25) is 0 Å². The van der Waals surface area contributed by atoms with Crippen molar-refractivity contribution in [2.45, 2.75) is 0 Å². The molecule has 0 atom stereocenters. The molecule has 13 aromatic carbocycles. The van der Waals surface area contributed by atoms with Gasteiger partial charge in [-0.05, 0) is 137 Å². The molecule has 422 valence electrons. The van der Waals surface area contributed by atoms with Gasteiger partial charge >= 0.3 is 0 Å². The molecule has 0 aliphatic heterocycles. The largest absolute Gasteiger partial charge is 0.309 e. The van der Waals surface area contributed by atoms with E-state index >= 15 is 0 Å². The van der Waals surface area contributed by atoms with Gasteiger partial charge in [0.05, 0.1) is 57.0 Å². The van der Waals surface area contributed by atoms with Crippen molar-refractivity contribution in [3.8, 4) is 102 Å². The van der Waals surface area contributed by atoms with Gasteiger partial charge in [0, 0.05) is 71.5 Å². The van der Waals surface area contributed by atoms with Gasteiger partial charge in [0.2, 0.25) is 0 Å². The van der Waals surface area contributed by atoms with Crippen LogP contribution >= 0.6 is 0 Å². The molecule has 8 heteroatoms. The highest BCUT2D eigenvalue weighted by atomic mass is 15.0. The summed E-state index contributed by atoms with van der Waals surface area (Å²) >= 11 is 0. The van der Waals surface area contributed by atoms with E-state index in [0.717, 1.165) is 122 Å². The minimum Gasteiger partial charge on any atom is -0.309 e. The Hall–Kier alpha value is -12.8. The Labute approximate surface area is 524 Å². The molecule has 8 nitrogen and oxygen atoms in total. The number of hydrogen-bond donors (Lipinski definition) is 0. The number of benzene rings is 13. The van der Waals surface area contributed by atoms with Crippen molar-refractivity contribution in [3.05, 3.63) is 320 Å². The van der Waals surface area contributed by atoms with Crippen LogP contribution in [-0.2, 0) is 0 Å². The number of nitrogens with zero attached hydrogens (tertiary/aromatic N) is 8. The highest BCUT2D eigenvalue weighted by Gasteiger charge is 2.25. The van der Waals surface area contributed by atoms with E-state index in [9.17, 15) is 5.26 Å². The zero-order valence-corrected chi connectivity index (χ0v) is 48.9. The van der Waals surface area contributed by atoms with Gasteiger partial charge in [-0.3, -0.25) is 0 Å². The Bertz CT molecular complexity index is 5380. The van der Waals surface area contributed by atoms with E-state index in [1.165, 1.54) is 21.5 Å². The summed E-state index contributed by atoms with van der Waals surface area (Å²) in [6.45, 7) is 7.94. The van der Waals surface area contributed by atoms with Gasteiger partial charge in [0.15, 0.2) is 23.2 Å². The molecule has 0 aliphatic carbocycles. The van der Waals surface area contributed by atoms with Crippen molar-refractivity contribution in [2.24, 2.45) is 0 Å². The van der Waals surface area contributed by atoms with Crippen LogP contribution in [0, 0.1) is 17.9 Å². The van der Waals surface area contributed by atoms with E-state index in [2.05, 4.69) is 231 Å². The maximum atomic E-state index is 10.1. The quantitative estimate of drug-likeness (QED) is 0.128. The first-order chi connectivity index (χ1) is 45.0. The van der Waals surface area contributed by atoms with Crippen LogP contribution in [0.1, 0.15) is 5.56 Å². The molecule has 0 radical (unpaired) electrons. The zero-order valence-electron chi connectivity index (χ0n) is 48.9. The van der Waals surface area contributed by atoms with Crippen molar-refractivity contribution in [1.29, 1.82) is 5.26 Å². The van der Waals surface area contributed by atoms with Gasteiger partial charge in [-0.15, -0.1) is 0 Å². The standard InChI is InChI=1S/C83H50N8/c1-85-63-25-17-24-59(47-63)61-39-45-79-73(49-61)72-48-60(58-23-16-18-53(46-58)52-84)38-44-78(72)91(79)80-70(54-34-40-64(41-35-54)89-74-30-12-8-26-66(74)67-27-9-13-31-75(67)89)50-62(83-87-81(56-19-4-2-5-20-56)86-82(88-83)57-21-6-3-7-22-57)51-71(80)55-36-42-65(43-37-55)90-76-32-14-10-28-68(76)69-29-11-15-33-77(69)90/h2-51H. The summed E-state index contributed by atoms with van der Waals surface area (Å²) in [5.74, 6) is 1.67. The maximum absolute atomic E-state index is 10.1. The first-order valence-corrected chi connectivity index (χ1v) is 30.3. The highest BCUT2D eigenvalue weighted by Crippen LogP contribution is 2.47. The van der Waals surface area contributed by atoms with E-state index < -0.39 is 0 Å². The monoisotopic (exact) mass is 1160 g/mol. The van der Waals surface area contributed by atoms with Gasteiger partial charge in [0.25, 0.3) is 0 Å². The summed E-state index contributed by atoms with van der Waals surface area (Å²) in [7, 11) is 0. The molecule has 4 heterocycles. The molecule has 4 aromatic heterocycles.